The molecule has 0 radical (unpaired) electrons. The highest BCUT2D eigenvalue weighted by molar-refractivity contribution is 6.09. The predicted molar refractivity (Wildman–Crippen MR) is 190 cm³/mol. The fourth-order valence-electron chi connectivity index (χ4n) is 7.85. The van der Waals surface area contributed by atoms with E-state index in [2.05, 4.69) is 167 Å². The second-order valence-electron chi connectivity index (χ2n) is 12.3. The van der Waals surface area contributed by atoms with E-state index in [9.17, 15) is 5.26 Å². The number of nitriles is 1. The Morgan fingerprint density at radius 3 is 1.72 bits per heavy atom. The Morgan fingerprint density at radius 2 is 1.13 bits per heavy atom. The van der Waals surface area contributed by atoms with Crippen LogP contribution < -0.4 is 0 Å². The number of nitrogens with zero attached hydrogens (tertiary/aromatic N) is 3. The monoisotopic (exact) mass is 589 g/mol. The summed E-state index contributed by atoms with van der Waals surface area (Å²) in [6.07, 6.45) is 13.0. The molecule has 3 heteroatoms. The summed E-state index contributed by atoms with van der Waals surface area (Å²) in [4.78, 5) is 0. The first kappa shape index (κ1) is 26.5. The van der Waals surface area contributed by atoms with Gasteiger partial charge >= 0.3 is 0 Å². The molecule has 0 amide bonds. The van der Waals surface area contributed by atoms with Gasteiger partial charge in [-0.05, 0) is 59.9 Å². The van der Waals surface area contributed by atoms with E-state index in [0.717, 1.165) is 29.6 Å². The van der Waals surface area contributed by atoms with E-state index in [1.54, 1.807) is 0 Å². The molecule has 0 bridgehead atoms. The van der Waals surface area contributed by atoms with Crippen LogP contribution in [0.1, 0.15) is 30.4 Å². The second kappa shape index (κ2) is 10.6. The van der Waals surface area contributed by atoms with E-state index in [4.69, 9.17) is 0 Å². The quantitative estimate of drug-likeness (QED) is 0.201. The number of hydrogen-bond acceptors (Lipinski definition) is 1. The van der Waals surface area contributed by atoms with Gasteiger partial charge in [0.2, 0.25) is 0 Å². The average Bonchev–Trinajstić information content (AvgIpc) is 3.64. The Kier molecular flexibility index (Phi) is 6.14. The number of aromatic nitrogens is 2. The van der Waals surface area contributed by atoms with Crippen molar-refractivity contribution >= 4 is 43.6 Å². The van der Waals surface area contributed by atoms with Crippen molar-refractivity contribution in [3.8, 4) is 11.8 Å². The molecule has 0 aliphatic heterocycles. The van der Waals surface area contributed by atoms with Gasteiger partial charge in [0.05, 0.1) is 28.7 Å². The van der Waals surface area contributed by atoms with Crippen LogP contribution >= 0.6 is 0 Å². The summed E-state index contributed by atoms with van der Waals surface area (Å²) in [5, 5.41) is 15.6. The van der Waals surface area contributed by atoms with Gasteiger partial charge in [-0.25, -0.2) is 0 Å². The Hall–Kier alpha value is -5.85. The molecule has 2 unspecified atom stereocenters. The minimum Gasteiger partial charge on any atom is -0.332 e. The molecule has 0 fully saturated rings. The molecule has 2 aromatic heterocycles. The highest BCUT2D eigenvalue weighted by Gasteiger charge is 2.27. The van der Waals surface area contributed by atoms with Gasteiger partial charge in [-0.2, -0.15) is 5.26 Å². The van der Waals surface area contributed by atoms with Crippen molar-refractivity contribution in [3.05, 3.63) is 174 Å². The van der Waals surface area contributed by atoms with Gasteiger partial charge in [0.1, 0.15) is 0 Å². The molecule has 5 aromatic carbocycles. The summed E-state index contributed by atoms with van der Waals surface area (Å²) in [5.74, 6) is 0.228. The van der Waals surface area contributed by atoms with Crippen LogP contribution in [0, 0.1) is 11.3 Å². The second-order valence-corrected chi connectivity index (χ2v) is 12.3. The molecule has 9 rings (SSSR count). The minimum absolute atomic E-state index is 0.0575. The fraction of sp³-hybridized carbons (Fsp3) is 0.0930. The van der Waals surface area contributed by atoms with Crippen LogP contribution in [0.15, 0.2) is 168 Å². The maximum Gasteiger partial charge on any atom is 0.0975 e. The van der Waals surface area contributed by atoms with Crippen LogP contribution in [0.25, 0.3) is 49.3 Å². The van der Waals surface area contributed by atoms with Gasteiger partial charge in [-0.1, -0.05) is 121 Å². The summed E-state index contributed by atoms with van der Waals surface area (Å²) in [6, 6.07) is 45.9. The Bertz CT molecular complexity index is 2400. The lowest BCUT2D eigenvalue weighted by molar-refractivity contribution is 0.622. The maximum atomic E-state index is 10.6. The number of allylic oxidation sites excluding steroid dienone is 8. The highest BCUT2D eigenvalue weighted by atomic mass is 15.0. The van der Waals surface area contributed by atoms with Gasteiger partial charge < -0.3 is 9.13 Å². The normalized spacial score (nSPS) is 18.1. The molecule has 2 aliphatic rings. The van der Waals surface area contributed by atoms with Crippen molar-refractivity contribution in [2.24, 2.45) is 0 Å². The van der Waals surface area contributed by atoms with Crippen LogP contribution in [0.5, 0.6) is 0 Å². The molecular formula is C43H31N3. The number of benzene rings is 5. The Morgan fingerprint density at radius 1 is 0.587 bits per heavy atom. The minimum atomic E-state index is -0.0575. The number of para-hydroxylation sites is 5. The lowest BCUT2D eigenvalue weighted by Gasteiger charge is -2.26. The molecule has 0 saturated heterocycles. The summed E-state index contributed by atoms with van der Waals surface area (Å²) in [5.41, 5.74) is 10.3. The van der Waals surface area contributed by atoms with E-state index in [0.29, 0.717) is 0 Å². The molecule has 0 spiro atoms. The van der Waals surface area contributed by atoms with Gasteiger partial charge in [0.15, 0.2) is 0 Å². The topological polar surface area (TPSA) is 33.6 Å². The third kappa shape index (κ3) is 3.97. The smallest absolute Gasteiger partial charge is 0.0975 e. The van der Waals surface area contributed by atoms with E-state index in [-0.39, 0.29) is 12.0 Å². The zero-order valence-electron chi connectivity index (χ0n) is 25.3. The average molecular weight is 590 g/mol. The molecule has 2 heterocycles. The molecule has 0 N–H and O–H groups in total. The predicted octanol–water partition coefficient (Wildman–Crippen LogP) is 10.9. The van der Waals surface area contributed by atoms with E-state index in [1.165, 1.54) is 54.9 Å². The van der Waals surface area contributed by atoms with Crippen LogP contribution in [-0.4, -0.2) is 9.13 Å². The van der Waals surface area contributed by atoms with Crippen LogP contribution in [-0.2, 0) is 0 Å². The first-order valence-electron chi connectivity index (χ1n) is 16.1. The van der Waals surface area contributed by atoms with Gasteiger partial charge in [0.25, 0.3) is 0 Å². The lowest BCUT2D eigenvalue weighted by atomic mass is 9.83. The van der Waals surface area contributed by atoms with Gasteiger partial charge in [0, 0.05) is 44.2 Å². The maximum absolute atomic E-state index is 10.6. The van der Waals surface area contributed by atoms with E-state index in [1.807, 2.05) is 0 Å². The molecule has 46 heavy (non-hydrogen) atoms. The molecule has 2 atom stereocenters. The highest BCUT2D eigenvalue weighted by Crippen LogP contribution is 2.42. The zero-order valence-corrected chi connectivity index (χ0v) is 25.3. The standard InChI is InChI=1S/C43H31N3/c44-28-37-31(17-11-23-43(37)46-41-21-9-4-15-35(41)36-16-5-10-22-42(36)46)29-24-26-30(27-25-29)32-12-1-6-18-38(32)45-39-19-7-2-13-33(39)34-14-3-8-20-40(34)45/h1-22,24-26,30,43H,23,27H2. The van der Waals surface area contributed by atoms with Crippen LogP contribution in [0.4, 0.5) is 0 Å². The zero-order chi connectivity index (χ0) is 30.6. The van der Waals surface area contributed by atoms with E-state index >= 15 is 0 Å². The van der Waals surface area contributed by atoms with Crippen molar-refractivity contribution < 1.29 is 0 Å². The van der Waals surface area contributed by atoms with Gasteiger partial charge in [-0.3, -0.25) is 0 Å². The molecule has 7 aromatic rings. The molecule has 0 saturated carbocycles. The molecule has 3 nitrogen and oxygen atoms in total. The third-order valence-corrected chi connectivity index (χ3v) is 9.88. The van der Waals surface area contributed by atoms with Crippen molar-refractivity contribution in [1.29, 1.82) is 5.26 Å². The van der Waals surface area contributed by atoms with Crippen LogP contribution in [0.2, 0.25) is 0 Å². The van der Waals surface area contributed by atoms with Crippen LogP contribution in [0.3, 0.4) is 0 Å². The Balaban J connectivity index is 1.11. The van der Waals surface area contributed by atoms with Crippen molar-refractivity contribution in [2.45, 2.75) is 24.8 Å². The molecule has 2 aliphatic carbocycles. The Labute approximate surface area is 267 Å². The first-order valence-corrected chi connectivity index (χ1v) is 16.1. The van der Waals surface area contributed by atoms with Crippen molar-refractivity contribution in [2.75, 3.05) is 0 Å². The summed E-state index contributed by atoms with van der Waals surface area (Å²) in [6.45, 7) is 0. The summed E-state index contributed by atoms with van der Waals surface area (Å²) < 4.78 is 4.80. The van der Waals surface area contributed by atoms with Crippen molar-refractivity contribution in [1.82, 2.24) is 9.13 Å². The van der Waals surface area contributed by atoms with Crippen molar-refractivity contribution in [3.63, 3.8) is 0 Å². The molecule has 218 valence electrons. The first-order chi connectivity index (χ1) is 22.8. The lowest BCUT2D eigenvalue weighted by Crippen LogP contribution is -2.15. The number of rotatable bonds is 4. The summed E-state index contributed by atoms with van der Waals surface area (Å²) >= 11 is 0. The fourth-order valence-corrected chi connectivity index (χ4v) is 7.85. The number of hydrogen-bond donors (Lipinski definition) is 0. The summed E-state index contributed by atoms with van der Waals surface area (Å²) in [7, 11) is 0. The SMILES string of the molecule is N#CC1=C(C2=CCC(c3ccccc3-n3c4ccccc4c4ccccc43)C=C2)C=CCC1n1c2ccccc2c2ccccc21. The molecular weight excluding hydrogens is 558 g/mol. The largest absolute Gasteiger partial charge is 0.332 e. The number of fused-ring (bicyclic) bond motifs is 6. The van der Waals surface area contributed by atoms with Gasteiger partial charge in [-0.15, -0.1) is 0 Å². The van der Waals surface area contributed by atoms with E-state index < -0.39 is 0 Å². The third-order valence-electron chi connectivity index (χ3n) is 9.88.